The lowest BCUT2D eigenvalue weighted by Gasteiger charge is -2.27. The van der Waals surface area contributed by atoms with Crippen molar-refractivity contribution in [1.29, 1.82) is 0 Å². The van der Waals surface area contributed by atoms with E-state index in [9.17, 15) is 4.79 Å². The molecule has 6 heteroatoms. The number of hydrogen-bond donors (Lipinski definition) is 3. The first-order valence-corrected chi connectivity index (χ1v) is 7.99. The lowest BCUT2D eigenvalue weighted by Crippen LogP contribution is -2.41. The summed E-state index contributed by atoms with van der Waals surface area (Å²) in [5.41, 5.74) is 2.50. The number of aliphatic imine (C=N–C) groups is 1. The van der Waals surface area contributed by atoms with E-state index in [1.54, 1.807) is 12.4 Å². The van der Waals surface area contributed by atoms with Crippen molar-refractivity contribution in [3.8, 4) is 0 Å². The quantitative estimate of drug-likeness (QED) is 0.791. The van der Waals surface area contributed by atoms with Gasteiger partial charge >= 0.3 is 6.03 Å². The van der Waals surface area contributed by atoms with Crippen molar-refractivity contribution in [3.63, 3.8) is 0 Å². The van der Waals surface area contributed by atoms with Crippen LogP contribution >= 0.6 is 0 Å². The molecule has 3 rings (SSSR count). The van der Waals surface area contributed by atoms with E-state index < -0.39 is 5.66 Å². The maximum Gasteiger partial charge on any atom is 0.319 e. The second-order valence-electron chi connectivity index (χ2n) is 5.79. The van der Waals surface area contributed by atoms with Crippen molar-refractivity contribution >= 4 is 17.9 Å². The number of aromatic nitrogens is 1. The Morgan fingerprint density at radius 2 is 1.96 bits per heavy atom. The third-order valence-corrected chi connectivity index (χ3v) is 4.04. The summed E-state index contributed by atoms with van der Waals surface area (Å²) in [4.78, 5) is 20.7. The van der Waals surface area contributed by atoms with E-state index in [4.69, 9.17) is 0 Å². The van der Waals surface area contributed by atoms with Gasteiger partial charge in [-0.2, -0.15) is 0 Å². The molecule has 1 aromatic carbocycles. The van der Waals surface area contributed by atoms with Crippen molar-refractivity contribution in [2.45, 2.75) is 19.0 Å². The number of urea groups is 1. The molecule has 0 saturated heterocycles. The molecule has 2 aromatic rings. The van der Waals surface area contributed by atoms with Crippen molar-refractivity contribution in [1.82, 2.24) is 15.6 Å². The Morgan fingerprint density at radius 1 is 1.21 bits per heavy atom. The van der Waals surface area contributed by atoms with Crippen LogP contribution in [0, 0.1) is 6.92 Å². The van der Waals surface area contributed by atoms with Crippen molar-refractivity contribution in [2.24, 2.45) is 4.99 Å². The maximum absolute atomic E-state index is 12.0. The Hall–Kier alpha value is -2.73. The van der Waals surface area contributed by atoms with Crippen LogP contribution in [0.5, 0.6) is 0 Å². The summed E-state index contributed by atoms with van der Waals surface area (Å²) in [5.74, 6) is 0. The van der Waals surface area contributed by atoms with Crippen LogP contribution < -0.4 is 16.0 Å². The van der Waals surface area contributed by atoms with Gasteiger partial charge in [0.25, 0.3) is 0 Å². The summed E-state index contributed by atoms with van der Waals surface area (Å²) in [6.07, 6.45) is 6.04. The highest BCUT2D eigenvalue weighted by Crippen LogP contribution is 2.27. The highest BCUT2D eigenvalue weighted by Gasteiger charge is 2.32. The molecule has 24 heavy (non-hydrogen) atoms. The van der Waals surface area contributed by atoms with Gasteiger partial charge in [-0.05, 0) is 36.8 Å². The summed E-state index contributed by atoms with van der Waals surface area (Å²) < 4.78 is 0. The number of hydrogen-bond acceptors (Lipinski definition) is 4. The first kappa shape index (κ1) is 16.1. The number of anilines is 1. The van der Waals surface area contributed by atoms with E-state index in [1.807, 2.05) is 49.5 Å². The third-order valence-electron chi connectivity index (χ3n) is 4.04. The van der Waals surface area contributed by atoms with Gasteiger partial charge in [0.1, 0.15) is 5.66 Å². The number of nitrogens with one attached hydrogen (secondary N) is 3. The molecular weight excluding hydrogens is 302 g/mol. The number of benzene rings is 1. The summed E-state index contributed by atoms with van der Waals surface area (Å²) >= 11 is 0. The maximum atomic E-state index is 12.0. The van der Waals surface area contributed by atoms with E-state index in [0.29, 0.717) is 13.0 Å². The first-order chi connectivity index (χ1) is 11.7. The number of amides is 2. The molecule has 1 unspecified atom stereocenters. The third kappa shape index (κ3) is 3.78. The molecule has 0 spiro atoms. The van der Waals surface area contributed by atoms with Gasteiger partial charge in [-0.25, -0.2) is 4.79 Å². The largest absolute Gasteiger partial charge is 0.338 e. The van der Waals surface area contributed by atoms with Crippen LogP contribution in [0.4, 0.5) is 10.5 Å². The van der Waals surface area contributed by atoms with Crippen LogP contribution in [-0.2, 0) is 5.66 Å². The fourth-order valence-corrected chi connectivity index (χ4v) is 2.73. The number of aryl methyl sites for hydroxylation is 1. The zero-order valence-corrected chi connectivity index (χ0v) is 13.6. The highest BCUT2D eigenvalue weighted by molar-refractivity contribution is 5.89. The standard InChI is InChI=1S/C18H21N5O/c1-14-2-4-16(5-3-14)23-17(24)20-11-8-18(21-12-13-22-18)15-6-9-19-10-7-15/h2-7,9-10,12,22H,8,11,13H2,1H3,(H2,20,23,24). The van der Waals surface area contributed by atoms with Crippen molar-refractivity contribution in [3.05, 3.63) is 59.9 Å². The molecule has 1 atom stereocenters. The van der Waals surface area contributed by atoms with Crippen molar-refractivity contribution < 1.29 is 4.79 Å². The smallest absolute Gasteiger partial charge is 0.319 e. The van der Waals surface area contributed by atoms with E-state index in [-0.39, 0.29) is 6.03 Å². The summed E-state index contributed by atoms with van der Waals surface area (Å²) in [7, 11) is 0. The Bertz CT molecular complexity index is 714. The molecule has 0 radical (unpaired) electrons. The predicted molar refractivity (Wildman–Crippen MR) is 95.2 cm³/mol. The Labute approximate surface area is 141 Å². The lowest BCUT2D eigenvalue weighted by atomic mass is 9.98. The van der Waals surface area contributed by atoms with Gasteiger partial charge in [-0.15, -0.1) is 0 Å². The summed E-state index contributed by atoms with van der Waals surface area (Å²) in [6.45, 7) is 3.24. The second kappa shape index (κ2) is 7.23. The number of carbonyl (C=O) groups excluding carboxylic acids is 1. The first-order valence-electron chi connectivity index (χ1n) is 7.99. The molecule has 1 aromatic heterocycles. The molecule has 6 nitrogen and oxygen atoms in total. The van der Waals surface area contributed by atoms with Gasteiger partial charge in [0.15, 0.2) is 0 Å². The topological polar surface area (TPSA) is 78.4 Å². The lowest BCUT2D eigenvalue weighted by molar-refractivity contribution is 0.250. The fourth-order valence-electron chi connectivity index (χ4n) is 2.73. The van der Waals surface area contributed by atoms with E-state index >= 15 is 0 Å². The average molecular weight is 323 g/mol. The molecule has 1 aliphatic rings. The predicted octanol–water partition coefficient (Wildman–Crippen LogP) is 2.43. The molecule has 0 aliphatic carbocycles. The number of rotatable bonds is 5. The molecule has 0 saturated carbocycles. The van der Waals surface area contributed by atoms with Gasteiger partial charge in [0.2, 0.25) is 0 Å². The molecule has 124 valence electrons. The molecule has 3 N–H and O–H groups in total. The van der Waals surface area contributed by atoms with Crippen LogP contribution in [0.15, 0.2) is 53.8 Å². The van der Waals surface area contributed by atoms with Crippen LogP contribution in [0.25, 0.3) is 0 Å². The molecular formula is C18H21N5O. The minimum atomic E-state index is -0.486. The van der Waals surface area contributed by atoms with Crippen LogP contribution in [0.3, 0.4) is 0 Å². The molecule has 0 bridgehead atoms. The minimum absolute atomic E-state index is 0.217. The van der Waals surface area contributed by atoms with E-state index in [0.717, 1.165) is 23.4 Å². The Morgan fingerprint density at radius 3 is 2.62 bits per heavy atom. The van der Waals surface area contributed by atoms with E-state index in [1.165, 1.54) is 0 Å². The summed E-state index contributed by atoms with van der Waals surface area (Å²) in [5, 5.41) is 9.11. The molecule has 0 fully saturated rings. The van der Waals surface area contributed by atoms with Crippen LogP contribution in [0.2, 0.25) is 0 Å². The number of nitrogens with zero attached hydrogens (tertiary/aromatic N) is 2. The number of pyridine rings is 1. The minimum Gasteiger partial charge on any atom is -0.338 e. The SMILES string of the molecule is Cc1ccc(NC(=O)NCCC2(c3ccncc3)N=CCN2)cc1. The van der Waals surface area contributed by atoms with Crippen LogP contribution in [0.1, 0.15) is 17.5 Å². The number of carbonyl (C=O) groups is 1. The van der Waals surface area contributed by atoms with Gasteiger partial charge in [-0.3, -0.25) is 15.3 Å². The normalized spacial score (nSPS) is 19.2. The molecule has 2 heterocycles. The average Bonchev–Trinajstić information content (AvgIpc) is 3.08. The zero-order valence-electron chi connectivity index (χ0n) is 13.6. The van der Waals surface area contributed by atoms with Gasteiger partial charge in [-0.1, -0.05) is 17.7 Å². The van der Waals surface area contributed by atoms with E-state index in [2.05, 4.69) is 25.9 Å². The molecule has 2 amide bonds. The van der Waals surface area contributed by atoms with Crippen molar-refractivity contribution in [2.75, 3.05) is 18.4 Å². The summed E-state index contributed by atoms with van der Waals surface area (Å²) in [6, 6.07) is 11.4. The Balaban J connectivity index is 1.55. The highest BCUT2D eigenvalue weighted by atomic mass is 16.2. The Kier molecular flexibility index (Phi) is 4.86. The van der Waals surface area contributed by atoms with Crippen LogP contribution in [-0.4, -0.2) is 30.3 Å². The van der Waals surface area contributed by atoms with Gasteiger partial charge in [0, 0.05) is 43.8 Å². The van der Waals surface area contributed by atoms with Gasteiger partial charge < -0.3 is 10.6 Å². The second-order valence-corrected chi connectivity index (χ2v) is 5.79. The monoisotopic (exact) mass is 323 g/mol. The fraction of sp³-hybridized carbons (Fsp3) is 0.278. The van der Waals surface area contributed by atoms with Gasteiger partial charge in [0.05, 0.1) is 0 Å². The zero-order chi connectivity index (χ0) is 16.8. The molecule has 1 aliphatic heterocycles.